The summed E-state index contributed by atoms with van der Waals surface area (Å²) in [5, 5.41) is 11.9. The van der Waals surface area contributed by atoms with Gasteiger partial charge in [-0.25, -0.2) is 0 Å². The highest BCUT2D eigenvalue weighted by atomic mass is 16.5. The van der Waals surface area contributed by atoms with Gasteiger partial charge >= 0.3 is 5.97 Å². The van der Waals surface area contributed by atoms with Crippen molar-refractivity contribution in [2.45, 2.75) is 69.6 Å². The zero-order chi connectivity index (χ0) is 13.2. The SMILES string of the molecule is CC1CCC(C(=O)NC2(CC(=O)O)CCCC2)O1. The van der Waals surface area contributed by atoms with Crippen LogP contribution < -0.4 is 5.32 Å². The van der Waals surface area contributed by atoms with E-state index in [1.54, 1.807) is 0 Å². The van der Waals surface area contributed by atoms with Gasteiger partial charge in [-0.05, 0) is 32.6 Å². The Morgan fingerprint density at radius 1 is 1.33 bits per heavy atom. The molecule has 102 valence electrons. The standard InChI is InChI=1S/C13H21NO4/c1-9-4-5-10(18-9)12(17)14-13(8-11(15)16)6-2-3-7-13/h9-10H,2-8H2,1H3,(H,14,17)(H,15,16). The van der Waals surface area contributed by atoms with E-state index in [4.69, 9.17) is 9.84 Å². The molecule has 2 fully saturated rings. The fourth-order valence-electron chi connectivity index (χ4n) is 3.02. The third-order valence-corrected chi connectivity index (χ3v) is 3.96. The number of aliphatic carboxylic acids is 1. The Labute approximate surface area is 107 Å². The third-order valence-electron chi connectivity index (χ3n) is 3.96. The second-order valence-electron chi connectivity index (χ2n) is 5.56. The fraction of sp³-hybridized carbons (Fsp3) is 0.846. The lowest BCUT2D eigenvalue weighted by Gasteiger charge is -2.30. The van der Waals surface area contributed by atoms with Crippen molar-refractivity contribution in [3.8, 4) is 0 Å². The van der Waals surface area contributed by atoms with E-state index in [-0.39, 0.29) is 18.4 Å². The van der Waals surface area contributed by atoms with Crippen LogP contribution in [-0.4, -0.2) is 34.7 Å². The van der Waals surface area contributed by atoms with Crippen LogP contribution in [0.25, 0.3) is 0 Å². The van der Waals surface area contributed by atoms with Crippen LogP contribution in [0, 0.1) is 0 Å². The molecule has 1 aliphatic heterocycles. The summed E-state index contributed by atoms with van der Waals surface area (Å²) < 4.78 is 5.52. The number of ether oxygens (including phenoxy) is 1. The Hall–Kier alpha value is -1.10. The van der Waals surface area contributed by atoms with Crippen LogP contribution in [0.3, 0.4) is 0 Å². The molecule has 2 unspecified atom stereocenters. The molecule has 2 atom stereocenters. The number of carbonyl (C=O) groups is 2. The quantitative estimate of drug-likeness (QED) is 0.797. The first-order valence-electron chi connectivity index (χ1n) is 6.70. The normalized spacial score (nSPS) is 30.3. The highest BCUT2D eigenvalue weighted by molar-refractivity contribution is 5.82. The number of amides is 1. The number of carboxylic acids is 1. The molecule has 18 heavy (non-hydrogen) atoms. The van der Waals surface area contributed by atoms with Crippen molar-refractivity contribution in [2.75, 3.05) is 0 Å². The van der Waals surface area contributed by atoms with Crippen LogP contribution >= 0.6 is 0 Å². The summed E-state index contributed by atoms with van der Waals surface area (Å²) in [6.07, 6.45) is 4.85. The molecule has 0 aromatic rings. The van der Waals surface area contributed by atoms with Crippen molar-refractivity contribution in [1.82, 2.24) is 5.32 Å². The molecule has 0 radical (unpaired) electrons. The van der Waals surface area contributed by atoms with Crippen LogP contribution in [0.1, 0.15) is 51.9 Å². The number of rotatable bonds is 4. The van der Waals surface area contributed by atoms with E-state index >= 15 is 0 Å². The molecule has 0 aromatic carbocycles. The summed E-state index contributed by atoms with van der Waals surface area (Å²) in [7, 11) is 0. The highest BCUT2D eigenvalue weighted by Crippen LogP contribution is 2.33. The van der Waals surface area contributed by atoms with Crippen LogP contribution in [-0.2, 0) is 14.3 Å². The zero-order valence-corrected chi connectivity index (χ0v) is 10.8. The van der Waals surface area contributed by atoms with E-state index in [0.29, 0.717) is 0 Å². The van der Waals surface area contributed by atoms with Gasteiger partial charge in [0.2, 0.25) is 5.91 Å². The van der Waals surface area contributed by atoms with Crippen molar-refractivity contribution in [3.63, 3.8) is 0 Å². The molecule has 1 saturated heterocycles. The molecule has 5 nitrogen and oxygen atoms in total. The molecule has 0 spiro atoms. The summed E-state index contributed by atoms with van der Waals surface area (Å²) in [5.74, 6) is -0.986. The Bertz CT molecular complexity index is 336. The molecular formula is C13H21NO4. The second kappa shape index (κ2) is 5.26. The third kappa shape index (κ3) is 3.02. The number of carboxylic acid groups (broad SMARTS) is 1. The van der Waals surface area contributed by atoms with E-state index in [2.05, 4.69) is 5.32 Å². The fourth-order valence-corrected chi connectivity index (χ4v) is 3.02. The van der Waals surface area contributed by atoms with E-state index < -0.39 is 17.6 Å². The lowest BCUT2D eigenvalue weighted by molar-refractivity contribution is -0.140. The van der Waals surface area contributed by atoms with Crippen molar-refractivity contribution in [1.29, 1.82) is 0 Å². The molecule has 1 heterocycles. The number of hydrogen-bond acceptors (Lipinski definition) is 3. The molecule has 1 amide bonds. The predicted molar refractivity (Wildman–Crippen MR) is 65.2 cm³/mol. The van der Waals surface area contributed by atoms with Gasteiger partial charge in [-0.3, -0.25) is 9.59 Å². The van der Waals surface area contributed by atoms with Gasteiger partial charge in [0.1, 0.15) is 6.10 Å². The van der Waals surface area contributed by atoms with Gasteiger partial charge in [0, 0.05) is 0 Å². The lowest BCUT2D eigenvalue weighted by atomic mass is 9.92. The van der Waals surface area contributed by atoms with Crippen LogP contribution in [0.5, 0.6) is 0 Å². The largest absolute Gasteiger partial charge is 0.481 e. The average Bonchev–Trinajstić information content (AvgIpc) is 2.87. The Balaban J connectivity index is 1.96. The van der Waals surface area contributed by atoms with Crippen LogP contribution in [0.4, 0.5) is 0 Å². The lowest BCUT2D eigenvalue weighted by Crippen LogP contribution is -2.51. The first-order valence-corrected chi connectivity index (χ1v) is 6.70. The van der Waals surface area contributed by atoms with E-state index in [9.17, 15) is 9.59 Å². The molecule has 2 N–H and O–H groups in total. The molecule has 1 saturated carbocycles. The number of carbonyl (C=O) groups excluding carboxylic acids is 1. The van der Waals surface area contributed by atoms with Crippen molar-refractivity contribution < 1.29 is 19.4 Å². The summed E-state index contributed by atoms with van der Waals surface area (Å²) in [5.41, 5.74) is -0.544. The van der Waals surface area contributed by atoms with E-state index in [0.717, 1.165) is 38.5 Å². The minimum absolute atomic E-state index is 0.0149. The average molecular weight is 255 g/mol. The Morgan fingerprint density at radius 3 is 2.50 bits per heavy atom. The topological polar surface area (TPSA) is 75.6 Å². The van der Waals surface area contributed by atoms with E-state index in [1.807, 2.05) is 6.92 Å². The summed E-state index contributed by atoms with van der Waals surface area (Å²) >= 11 is 0. The molecule has 5 heteroatoms. The predicted octanol–water partition coefficient (Wildman–Crippen LogP) is 1.46. The molecule has 2 rings (SSSR count). The Morgan fingerprint density at radius 2 is 2.00 bits per heavy atom. The van der Waals surface area contributed by atoms with Crippen LogP contribution in [0.2, 0.25) is 0 Å². The smallest absolute Gasteiger partial charge is 0.305 e. The van der Waals surface area contributed by atoms with Crippen molar-refractivity contribution in [2.24, 2.45) is 0 Å². The van der Waals surface area contributed by atoms with Gasteiger partial charge in [0.05, 0.1) is 18.1 Å². The van der Waals surface area contributed by atoms with E-state index in [1.165, 1.54) is 0 Å². The Kier molecular flexibility index (Phi) is 3.90. The van der Waals surface area contributed by atoms with Crippen molar-refractivity contribution >= 4 is 11.9 Å². The number of nitrogens with one attached hydrogen (secondary N) is 1. The maximum absolute atomic E-state index is 12.1. The van der Waals surface area contributed by atoms with Crippen molar-refractivity contribution in [3.05, 3.63) is 0 Å². The molecule has 1 aliphatic carbocycles. The maximum atomic E-state index is 12.1. The van der Waals surface area contributed by atoms with Gasteiger partial charge in [0.15, 0.2) is 0 Å². The first-order chi connectivity index (χ1) is 8.51. The minimum Gasteiger partial charge on any atom is -0.481 e. The van der Waals surface area contributed by atoms with Gasteiger partial charge in [-0.15, -0.1) is 0 Å². The summed E-state index contributed by atoms with van der Waals surface area (Å²) in [4.78, 5) is 23.0. The molecule has 2 aliphatic rings. The summed E-state index contributed by atoms with van der Waals surface area (Å²) in [6.45, 7) is 1.95. The van der Waals surface area contributed by atoms with Gasteiger partial charge in [-0.2, -0.15) is 0 Å². The summed E-state index contributed by atoms with van der Waals surface area (Å²) in [6, 6.07) is 0. The molecule has 0 bridgehead atoms. The molecular weight excluding hydrogens is 234 g/mol. The highest BCUT2D eigenvalue weighted by Gasteiger charge is 2.40. The zero-order valence-electron chi connectivity index (χ0n) is 10.8. The van der Waals surface area contributed by atoms with Crippen LogP contribution in [0.15, 0.2) is 0 Å². The van der Waals surface area contributed by atoms with Gasteiger partial charge in [-0.1, -0.05) is 12.8 Å². The second-order valence-corrected chi connectivity index (χ2v) is 5.56. The molecule has 0 aromatic heterocycles. The van der Waals surface area contributed by atoms with Gasteiger partial charge in [0.25, 0.3) is 0 Å². The minimum atomic E-state index is -0.849. The van der Waals surface area contributed by atoms with Gasteiger partial charge < -0.3 is 15.2 Å². The first kappa shape index (κ1) is 13.3. The monoisotopic (exact) mass is 255 g/mol. The maximum Gasteiger partial charge on any atom is 0.305 e. The number of hydrogen-bond donors (Lipinski definition) is 2.